The van der Waals surface area contributed by atoms with Crippen molar-refractivity contribution < 1.29 is 18.1 Å². The van der Waals surface area contributed by atoms with Crippen molar-refractivity contribution in [3.05, 3.63) is 47.4 Å². The largest absolute Gasteiger partial charge is 0.480 e. The molecule has 0 unspecified atom stereocenters. The van der Waals surface area contributed by atoms with Crippen molar-refractivity contribution in [1.29, 1.82) is 0 Å². The Morgan fingerprint density at radius 1 is 1.27 bits per heavy atom. The normalized spacial score (nSPS) is 28.3. The Labute approximate surface area is 192 Å². The number of amidine groups is 1. The highest BCUT2D eigenvalue weighted by molar-refractivity contribution is 7.96. The van der Waals surface area contributed by atoms with E-state index in [0.29, 0.717) is 24.5 Å². The minimum Gasteiger partial charge on any atom is -0.480 e. The molecular weight excluding hydrogens is 447 g/mol. The lowest BCUT2D eigenvalue weighted by molar-refractivity contribution is 0.0986. The zero-order valence-corrected chi connectivity index (χ0v) is 19.9. The van der Waals surface area contributed by atoms with Gasteiger partial charge < -0.3 is 10.5 Å². The van der Waals surface area contributed by atoms with Crippen LogP contribution < -0.4 is 10.5 Å². The maximum atomic E-state index is 15.1. The number of carbonyl (C=O) groups excluding carboxylic acids is 1. The molecule has 2 aliphatic rings. The van der Waals surface area contributed by atoms with Crippen molar-refractivity contribution >= 4 is 21.3 Å². The molecule has 0 fully saturated rings. The van der Waals surface area contributed by atoms with Crippen LogP contribution in [0.2, 0.25) is 0 Å². The Balaban J connectivity index is 1.75. The molecule has 3 atom stereocenters. The average Bonchev–Trinajstić information content (AvgIpc) is 2.79. The van der Waals surface area contributed by atoms with Crippen LogP contribution in [0.1, 0.15) is 55.5 Å². The van der Waals surface area contributed by atoms with Gasteiger partial charge in [0.1, 0.15) is 33.3 Å². The average molecular weight is 475 g/mol. The van der Waals surface area contributed by atoms with Gasteiger partial charge in [0.15, 0.2) is 5.78 Å². The summed E-state index contributed by atoms with van der Waals surface area (Å²) in [6.45, 7) is 5.70. The second-order valence-corrected chi connectivity index (χ2v) is 11.9. The topological polar surface area (TPSA) is 133 Å². The van der Waals surface area contributed by atoms with Crippen molar-refractivity contribution in [3.8, 4) is 5.88 Å². The molecule has 176 valence electrons. The molecule has 0 saturated heterocycles. The summed E-state index contributed by atoms with van der Waals surface area (Å²) in [6.07, 6.45) is 3.84. The van der Waals surface area contributed by atoms with Crippen molar-refractivity contribution in [1.82, 2.24) is 15.0 Å². The van der Waals surface area contributed by atoms with Crippen molar-refractivity contribution in [2.75, 3.05) is 13.7 Å². The summed E-state index contributed by atoms with van der Waals surface area (Å²) in [5.74, 6) is -0.474. The number of nitrogens with two attached hydrogens (primary N) is 1. The highest BCUT2D eigenvalue weighted by Crippen LogP contribution is 2.46. The van der Waals surface area contributed by atoms with Gasteiger partial charge in [-0.2, -0.15) is 0 Å². The van der Waals surface area contributed by atoms with E-state index in [9.17, 15) is 9.00 Å². The number of nitrogens with zero attached hydrogens (tertiary/aromatic N) is 5. The molecular formula is C22H27FN6O3S. The summed E-state index contributed by atoms with van der Waals surface area (Å²) in [5.41, 5.74) is 5.49. The van der Waals surface area contributed by atoms with E-state index in [4.69, 9.17) is 10.5 Å². The summed E-state index contributed by atoms with van der Waals surface area (Å²) in [7, 11) is -1.40. The van der Waals surface area contributed by atoms with Gasteiger partial charge in [-0.15, -0.1) is 0 Å². The predicted octanol–water partition coefficient (Wildman–Crippen LogP) is 2.44. The second kappa shape index (κ2) is 8.12. The van der Waals surface area contributed by atoms with Gasteiger partial charge in [0.05, 0.1) is 40.9 Å². The molecule has 4 heterocycles. The molecule has 2 N–H and O–H groups in total. The lowest BCUT2D eigenvalue weighted by Crippen LogP contribution is -2.60. The second-order valence-electron chi connectivity index (χ2n) is 8.88. The van der Waals surface area contributed by atoms with E-state index >= 15 is 4.39 Å². The fourth-order valence-electron chi connectivity index (χ4n) is 4.40. The fraction of sp³-hybridized carbons (Fsp3) is 0.500. The van der Waals surface area contributed by atoms with Crippen molar-refractivity contribution in [3.63, 3.8) is 0 Å². The number of ketones is 1. The molecule has 4 rings (SSSR count). The molecule has 9 nitrogen and oxygen atoms in total. The lowest BCUT2D eigenvalue weighted by atomic mass is 9.88. The van der Waals surface area contributed by atoms with Crippen LogP contribution in [0.4, 0.5) is 4.39 Å². The summed E-state index contributed by atoms with van der Waals surface area (Å²) >= 11 is 0. The quantitative estimate of drug-likeness (QED) is 0.658. The molecule has 2 aromatic rings. The zero-order chi connectivity index (χ0) is 24.0. The number of fused-ring (bicyclic) bond motifs is 1. The Bertz CT molecular complexity index is 1250. The number of ether oxygens (including phenoxy) is 1. The van der Waals surface area contributed by atoms with E-state index in [1.54, 1.807) is 20.8 Å². The maximum absolute atomic E-state index is 15.1. The molecule has 0 amide bonds. The van der Waals surface area contributed by atoms with Crippen LogP contribution in [0, 0.1) is 5.82 Å². The third kappa shape index (κ3) is 3.68. The van der Waals surface area contributed by atoms with Gasteiger partial charge in [-0.3, -0.25) is 14.8 Å². The van der Waals surface area contributed by atoms with Gasteiger partial charge in [-0.1, -0.05) is 0 Å². The number of aromatic nitrogens is 3. The van der Waals surface area contributed by atoms with Gasteiger partial charge in [0.25, 0.3) is 0 Å². The Morgan fingerprint density at radius 2 is 2.03 bits per heavy atom. The summed E-state index contributed by atoms with van der Waals surface area (Å²) < 4.78 is 37.7. The third-order valence-corrected chi connectivity index (χ3v) is 10.2. The first kappa shape index (κ1) is 23.2. The lowest BCUT2D eigenvalue weighted by Gasteiger charge is -2.47. The molecule has 0 radical (unpaired) electrons. The summed E-state index contributed by atoms with van der Waals surface area (Å²) in [6, 6.07) is 2.70. The minimum atomic E-state index is -2.85. The number of hydrogen-bond acceptors (Lipinski definition) is 9. The first-order valence-corrected chi connectivity index (χ1v) is 12.2. The molecule has 0 aromatic carbocycles. The number of methoxy groups -OCH3 is 1. The maximum Gasteiger partial charge on any atom is 0.232 e. The Morgan fingerprint density at radius 3 is 2.70 bits per heavy atom. The van der Waals surface area contributed by atoms with E-state index in [2.05, 4.69) is 24.3 Å². The standard InChI is InChI=1S/C22H27FN6O3S/c1-21(2)20(24)29-22(3,17-6-5-9-27-33(17,21)31)19-14(23)8-7-13(28-19)10-16(30)15-11-26-18(32-4)12-25-15/h7-8,11-12,17H,5-6,9-10H2,1-4H3,(H2,24,29)/t17-,22-,33+/m0/s1. The number of carbonyl (C=O) groups is 1. The van der Waals surface area contributed by atoms with E-state index < -0.39 is 31.1 Å². The number of Topliss-reactive ketones (excluding diaryl/α,β-unsaturated/α-hetero) is 1. The molecule has 0 aliphatic carbocycles. The monoisotopic (exact) mass is 474 g/mol. The van der Waals surface area contributed by atoms with Crippen molar-refractivity contribution in [2.24, 2.45) is 15.1 Å². The van der Waals surface area contributed by atoms with Crippen LogP contribution in [0.5, 0.6) is 5.88 Å². The minimum absolute atomic E-state index is 0.0156. The van der Waals surface area contributed by atoms with E-state index in [1.165, 1.54) is 31.6 Å². The Kier molecular flexibility index (Phi) is 5.71. The molecule has 0 spiro atoms. The first-order chi connectivity index (χ1) is 15.5. The molecule has 2 aliphatic heterocycles. The number of halogens is 1. The number of aliphatic imine (C=N–C) groups is 1. The Hall–Kier alpha value is -2.95. The summed E-state index contributed by atoms with van der Waals surface area (Å²) in [4.78, 5) is 29.9. The number of hydrogen-bond donors (Lipinski definition) is 1. The molecule has 2 aromatic heterocycles. The van der Waals surface area contributed by atoms with Crippen LogP contribution in [-0.4, -0.2) is 54.4 Å². The number of rotatable bonds is 5. The fourth-order valence-corrected chi connectivity index (χ4v) is 7.64. The van der Waals surface area contributed by atoms with E-state index in [1.807, 2.05) is 0 Å². The molecule has 0 saturated carbocycles. The van der Waals surface area contributed by atoms with Gasteiger partial charge in [0, 0.05) is 12.2 Å². The molecule has 11 heteroatoms. The van der Waals surface area contributed by atoms with Crippen LogP contribution in [-0.2, 0) is 21.7 Å². The van der Waals surface area contributed by atoms with Gasteiger partial charge in [-0.25, -0.2) is 22.9 Å². The van der Waals surface area contributed by atoms with Gasteiger partial charge in [-0.05, 0) is 45.7 Å². The van der Waals surface area contributed by atoms with Crippen LogP contribution in [0.3, 0.4) is 0 Å². The van der Waals surface area contributed by atoms with Crippen LogP contribution in [0.25, 0.3) is 0 Å². The highest BCUT2D eigenvalue weighted by atomic mass is 32.2. The smallest absolute Gasteiger partial charge is 0.232 e. The number of pyridine rings is 1. The highest BCUT2D eigenvalue weighted by Gasteiger charge is 2.56. The van der Waals surface area contributed by atoms with E-state index in [0.717, 1.165) is 6.42 Å². The van der Waals surface area contributed by atoms with Crippen molar-refractivity contribution in [2.45, 2.75) is 55.6 Å². The SMILES string of the molecule is COc1cnc(C(=O)Cc2ccc(F)c([C@@]3(C)N=C(N)C(C)(C)[S@@]4(=O)=NCCC[C@@H]34)n2)cn1. The van der Waals surface area contributed by atoms with Crippen LogP contribution >= 0.6 is 0 Å². The van der Waals surface area contributed by atoms with Gasteiger partial charge >= 0.3 is 0 Å². The first-order valence-electron chi connectivity index (χ1n) is 10.6. The molecule has 0 bridgehead atoms. The third-order valence-electron chi connectivity index (χ3n) is 6.47. The summed E-state index contributed by atoms with van der Waals surface area (Å²) in [5, 5.41) is -0.554. The van der Waals surface area contributed by atoms with Crippen LogP contribution in [0.15, 0.2) is 33.9 Å². The predicted molar refractivity (Wildman–Crippen MR) is 122 cm³/mol. The molecule has 33 heavy (non-hydrogen) atoms. The van der Waals surface area contributed by atoms with Gasteiger partial charge in [0.2, 0.25) is 5.88 Å². The van der Waals surface area contributed by atoms with E-state index in [-0.39, 0.29) is 29.4 Å². The zero-order valence-electron chi connectivity index (χ0n) is 19.0.